The molecule has 0 saturated heterocycles. The zero-order valence-electron chi connectivity index (χ0n) is 15.7. The van der Waals surface area contributed by atoms with Crippen LogP contribution in [0.5, 0.6) is 11.5 Å². The highest BCUT2D eigenvalue weighted by Gasteiger charge is 2.18. The molecule has 0 bridgehead atoms. The number of benzene rings is 2. The number of ketones is 1. The lowest BCUT2D eigenvalue weighted by Crippen LogP contribution is -2.04. The number of carbonyl (C=O) groups is 1. The zero-order valence-corrected chi connectivity index (χ0v) is 16.5. The van der Waals surface area contributed by atoms with Gasteiger partial charge in [0.15, 0.2) is 16.6 Å². The maximum Gasteiger partial charge on any atom is 0.212 e. The van der Waals surface area contributed by atoms with E-state index in [1.807, 2.05) is 37.4 Å². The SMILES string of the molecule is COc1cc(C(=O)c2csc(Nc3ccc4[nH]ccc4c3)n2)cc(C)c1OC. The summed E-state index contributed by atoms with van der Waals surface area (Å²) in [4.78, 5) is 20.5. The number of thiazole rings is 1. The number of hydrogen-bond donors (Lipinski definition) is 2. The van der Waals surface area contributed by atoms with Crippen molar-refractivity contribution in [3.05, 3.63) is 64.8 Å². The molecule has 0 radical (unpaired) electrons. The molecule has 0 fully saturated rings. The first-order valence-electron chi connectivity index (χ1n) is 8.66. The van der Waals surface area contributed by atoms with Gasteiger partial charge in [-0.15, -0.1) is 11.3 Å². The highest BCUT2D eigenvalue weighted by Crippen LogP contribution is 2.33. The van der Waals surface area contributed by atoms with Gasteiger partial charge in [-0.1, -0.05) is 0 Å². The van der Waals surface area contributed by atoms with E-state index < -0.39 is 0 Å². The van der Waals surface area contributed by atoms with Crippen molar-refractivity contribution in [3.8, 4) is 11.5 Å². The molecule has 4 aromatic rings. The van der Waals surface area contributed by atoms with E-state index in [1.165, 1.54) is 11.3 Å². The largest absolute Gasteiger partial charge is 0.493 e. The molecule has 0 atom stereocenters. The van der Waals surface area contributed by atoms with Crippen molar-refractivity contribution in [2.24, 2.45) is 0 Å². The Morgan fingerprint density at radius 1 is 1.14 bits per heavy atom. The van der Waals surface area contributed by atoms with Gasteiger partial charge < -0.3 is 19.8 Å². The summed E-state index contributed by atoms with van der Waals surface area (Å²) in [5, 5.41) is 6.79. The first-order chi connectivity index (χ1) is 13.6. The third-order valence-electron chi connectivity index (χ3n) is 4.47. The van der Waals surface area contributed by atoms with Crippen LogP contribution in [0.2, 0.25) is 0 Å². The van der Waals surface area contributed by atoms with Crippen LogP contribution < -0.4 is 14.8 Å². The van der Waals surface area contributed by atoms with Crippen molar-refractivity contribution in [1.29, 1.82) is 0 Å². The van der Waals surface area contributed by atoms with E-state index in [1.54, 1.807) is 31.7 Å². The molecule has 28 heavy (non-hydrogen) atoms. The fourth-order valence-electron chi connectivity index (χ4n) is 3.12. The predicted octanol–water partition coefficient (Wildman–Crippen LogP) is 4.92. The van der Waals surface area contributed by atoms with E-state index in [-0.39, 0.29) is 5.78 Å². The van der Waals surface area contributed by atoms with Crippen LogP contribution in [0, 0.1) is 6.92 Å². The Morgan fingerprint density at radius 3 is 2.79 bits per heavy atom. The minimum absolute atomic E-state index is 0.158. The first-order valence-corrected chi connectivity index (χ1v) is 9.54. The number of rotatable bonds is 6. The number of methoxy groups -OCH3 is 2. The lowest BCUT2D eigenvalue weighted by atomic mass is 10.0. The number of ether oxygens (including phenoxy) is 2. The number of aromatic nitrogens is 2. The van der Waals surface area contributed by atoms with Crippen LogP contribution in [0.1, 0.15) is 21.6 Å². The molecule has 2 N–H and O–H groups in total. The molecule has 0 spiro atoms. The van der Waals surface area contributed by atoms with Crippen LogP contribution in [0.3, 0.4) is 0 Å². The van der Waals surface area contributed by atoms with Crippen LogP contribution in [-0.2, 0) is 0 Å². The molecular weight excluding hydrogens is 374 g/mol. The second-order valence-corrected chi connectivity index (χ2v) is 7.16. The van der Waals surface area contributed by atoms with E-state index in [4.69, 9.17) is 9.47 Å². The average Bonchev–Trinajstić information content (AvgIpc) is 3.35. The second-order valence-electron chi connectivity index (χ2n) is 6.30. The molecule has 0 aliphatic carbocycles. The zero-order chi connectivity index (χ0) is 19.7. The highest BCUT2D eigenvalue weighted by molar-refractivity contribution is 7.14. The minimum atomic E-state index is -0.158. The van der Waals surface area contributed by atoms with Gasteiger partial charge in [-0.2, -0.15) is 0 Å². The molecule has 6 nitrogen and oxygen atoms in total. The van der Waals surface area contributed by atoms with Gasteiger partial charge in [0.05, 0.1) is 14.2 Å². The Kier molecular flexibility index (Phi) is 4.75. The number of hydrogen-bond acceptors (Lipinski definition) is 6. The van der Waals surface area contributed by atoms with Crippen molar-refractivity contribution >= 4 is 38.8 Å². The number of anilines is 2. The molecule has 0 aliphatic rings. The molecule has 2 heterocycles. The summed E-state index contributed by atoms with van der Waals surface area (Å²) in [6.07, 6.45) is 1.90. The van der Waals surface area contributed by atoms with Gasteiger partial charge in [-0.05, 0) is 48.9 Å². The predicted molar refractivity (Wildman–Crippen MR) is 111 cm³/mol. The van der Waals surface area contributed by atoms with E-state index in [0.717, 1.165) is 22.2 Å². The lowest BCUT2D eigenvalue weighted by Gasteiger charge is -2.11. The number of nitrogens with zero attached hydrogens (tertiary/aromatic N) is 1. The van der Waals surface area contributed by atoms with Crippen LogP contribution >= 0.6 is 11.3 Å². The standard InChI is InChI=1S/C21H19N3O3S/c1-12-8-14(10-18(26-2)20(12)27-3)19(25)17-11-28-21(24-17)23-15-4-5-16-13(9-15)6-7-22-16/h4-11,22H,1-3H3,(H,23,24). The number of aryl methyl sites for hydroxylation is 1. The summed E-state index contributed by atoms with van der Waals surface area (Å²) in [6.45, 7) is 1.88. The van der Waals surface area contributed by atoms with Gasteiger partial charge in [0.25, 0.3) is 0 Å². The van der Waals surface area contributed by atoms with Gasteiger partial charge in [0.2, 0.25) is 5.78 Å². The van der Waals surface area contributed by atoms with Gasteiger partial charge in [-0.25, -0.2) is 4.98 Å². The van der Waals surface area contributed by atoms with Gasteiger partial charge >= 0.3 is 0 Å². The van der Waals surface area contributed by atoms with Gasteiger partial charge in [0.1, 0.15) is 5.69 Å². The van der Waals surface area contributed by atoms with Crippen molar-refractivity contribution in [2.45, 2.75) is 6.92 Å². The molecule has 7 heteroatoms. The van der Waals surface area contributed by atoms with Crippen molar-refractivity contribution < 1.29 is 14.3 Å². The summed E-state index contributed by atoms with van der Waals surface area (Å²) in [5.41, 5.74) is 3.73. The Balaban J connectivity index is 1.58. The summed E-state index contributed by atoms with van der Waals surface area (Å²) < 4.78 is 10.7. The monoisotopic (exact) mass is 393 g/mol. The summed E-state index contributed by atoms with van der Waals surface area (Å²) in [7, 11) is 3.13. The molecule has 0 amide bonds. The maximum atomic E-state index is 12.9. The van der Waals surface area contributed by atoms with Gasteiger partial charge in [0, 0.05) is 33.7 Å². The van der Waals surface area contributed by atoms with Crippen LogP contribution in [0.15, 0.2) is 48.0 Å². The third kappa shape index (κ3) is 3.32. The topological polar surface area (TPSA) is 76.2 Å². The highest BCUT2D eigenvalue weighted by atomic mass is 32.1. The fourth-order valence-corrected chi connectivity index (χ4v) is 3.83. The number of nitrogens with one attached hydrogen (secondary N) is 2. The quantitative estimate of drug-likeness (QED) is 0.455. The molecule has 0 unspecified atom stereocenters. The smallest absolute Gasteiger partial charge is 0.212 e. The molecule has 2 aromatic carbocycles. The van der Waals surface area contributed by atoms with Crippen molar-refractivity contribution in [3.63, 3.8) is 0 Å². The second kappa shape index (κ2) is 7.36. The van der Waals surface area contributed by atoms with Gasteiger partial charge in [-0.3, -0.25) is 4.79 Å². The Morgan fingerprint density at radius 2 is 2.00 bits per heavy atom. The van der Waals surface area contributed by atoms with E-state index in [0.29, 0.717) is 27.9 Å². The summed E-state index contributed by atoms with van der Waals surface area (Å²) >= 11 is 1.39. The molecule has 0 saturated carbocycles. The molecule has 142 valence electrons. The van der Waals surface area contributed by atoms with Crippen LogP contribution in [0.25, 0.3) is 10.9 Å². The number of H-pyrrole nitrogens is 1. The molecular formula is C21H19N3O3S. The fraction of sp³-hybridized carbons (Fsp3) is 0.143. The van der Waals surface area contributed by atoms with Crippen LogP contribution in [-0.4, -0.2) is 30.0 Å². The normalized spacial score (nSPS) is 10.8. The Labute approximate surface area is 166 Å². The Hall–Kier alpha value is -3.32. The van der Waals surface area contributed by atoms with E-state index in [2.05, 4.69) is 15.3 Å². The molecule has 4 rings (SSSR count). The molecule has 0 aliphatic heterocycles. The summed E-state index contributed by atoms with van der Waals surface area (Å²) in [6, 6.07) is 11.5. The summed E-state index contributed by atoms with van der Waals surface area (Å²) in [5.74, 6) is 0.994. The maximum absolute atomic E-state index is 12.9. The number of aromatic amines is 1. The number of carbonyl (C=O) groups excluding carboxylic acids is 1. The average molecular weight is 393 g/mol. The van der Waals surface area contributed by atoms with Crippen molar-refractivity contribution in [2.75, 3.05) is 19.5 Å². The van der Waals surface area contributed by atoms with E-state index in [9.17, 15) is 4.79 Å². The lowest BCUT2D eigenvalue weighted by molar-refractivity contribution is 0.103. The van der Waals surface area contributed by atoms with Crippen LogP contribution in [0.4, 0.5) is 10.8 Å². The first kappa shape index (κ1) is 18.1. The number of fused-ring (bicyclic) bond motifs is 1. The third-order valence-corrected chi connectivity index (χ3v) is 5.23. The van der Waals surface area contributed by atoms with E-state index >= 15 is 0 Å². The minimum Gasteiger partial charge on any atom is -0.493 e. The van der Waals surface area contributed by atoms with Crippen molar-refractivity contribution in [1.82, 2.24) is 9.97 Å². The Bertz CT molecular complexity index is 1160. The molecule has 2 aromatic heterocycles.